The largest absolute Gasteiger partial charge is 0.494 e. The van der Waals surface area contributed by atoms with E-state index in [1.807, 2.05) is 6.92 Å². The number of carbonyl (C=O) groups is 4. The molecule has 5 aliphatic rings. The molecule has 1 heterocycles. The fourth-order valence-corrected chi connectivity index (χ4v) is 8.20. The van der Waals surface area contributed by atoms with E-state index >= 15 is 0 Å². The van der Waals surface area contributed by atoms with Crippen LogP contribution in [0, 0.1) is 23.2 Å². The normalized spacial score (nSPS) is 27.0. The minimum Gasteiger partial charge on any atom is -0.494 e. The zero-order chi connectivity index (χ0) is 29.4. The fraction of sp³-hybridized carbons (Fsp3) is 0.438. The summed E-state index contributed by atoms with van der Waals surface area (Å²) in [6, 6.07) is 11.9. The van der Waals surface area contributed by atoms with Gasteiger partial charge in [-0.1, -0.05) is 6.07 Å². The maximum Gasteiger partial charge on any atom is 0.317 e. The van der Waals surface area contributed by atoms with Crippen LogP contribution in [0.1, 0.15) is 51.0 Å². The Morgan fingerprint density at radius 3 is 2.29 bits per heavy atom. The van der Waals surface area contributed by atoms with Crippen molar-refractivity contribution in [2.75, 3.05) is 25.6 Å². The molecule has 0 unspecified atom stereocenters. The van der Waals surface area contributed by atoms with E-state index in [1.165, 1.54) is 26.4 Å². The highest BCUT2D eigenvalue weighted by Gasteiger charge is 2.55. The summed E-state index contributed by atoms with van der Waals surface area (Å²) in [5.41, 5.74) is 0.740. The van der Waals surface area contributed by atoms with Gasteiger partial charge < -0.3 is 19.5 Å². The molecule has 1 aliphatic heterocycles. The standard InChI is InChI=1S/C32H34N2O7S/c1-3-40-24-7-5-23(6-8-24)33-28(35)18-34-29(36)27(42-31(34)38)14-19-4-9-25(26(13-19)39-2)41-30(37)32-15-20-10-21(16-32)12-22(11-20)17-32/h4-9,13-14,20-22H,3,10-12,15-18H2,1-2H3,(H,33,35)/b27-14-. The lowest BCUT2D eigenvalue weighted by atomic mass is 9.49. The number of thioether (sulfide) groups is 1. The van der Waals surface area contributed by atoms with Gasteiger partial charge in [0.15, 0.2) is 11.5 Å². The number of rotatable bonds is 9. The van der Waals surface area contributed by atoms with Gasteiger partial charge in [0.05, 0.1) is 24.0 Å². The number of hydrogen-bond acceptors (Lipinski definition) is 8. The van der Waals surface area contributed by atoms with Gasteiger partial charge in [-0.3, -0.25) is 24.1 Å². The van der Waals surface area contributed by atoms with Crippen molar-refractivity contribution in [1.29, 1.82) is 0 Å². The highest BCUT2D eigenvalue weighted by Crippen LogP contribution is 2.60. The summed E-state index contributed by atoms with van der Waals surface area (Å²) in [5.74, 6) is 2.06. The number of imide groups is 1. The predicted molar refractivity (Wildman–Crippen MR) is 158 cm³/mol. The molecule has 4 aliphatic carbocycles. The first-order valence-corrected chi connectivity index (χ1v) is 15.3. The lowest BCUT2D eigenvalue weighted by Crippen LogP contribution is -2.51. The van der Waals surface area contributed by atoms with E-state index in [9.17, 15) is 19.2 Å². The highest BCUT2D eigenvalue weighted by atomic mass is 32.2. The zero-order valence-electron chi connectivity index (χ0n) is 23.7. The molecule has 0 radical (unpaired) electrons. The quantitative estimate of drug-likeness (QED) is 0.219. The Bertz CT molecular complexity index is 1420. The summed E-state index contributed by atoms with van der Waals surface area (Å²) in [6.07, 6.45) is 8.02. The van der Waals surface area contributed by atoms with Crippen LogP contribution in [-0.4, -0.2) is 48.2 Å². The van der Waals surface area contributed by atoms with Crippen molar-refractivity contribution in [2.45, 2.75) is 45.4 Å². The Morgan fingerprint density at radius 2 is 1.67 bits per heavy atom. The number of esters is 1. The summed E-state index contributed by atoms with van der Waals surface area (Å²) in [4.78, 5) is 52.7. The molecule has 5 fully saturated rings. The van der Waals surface area contributed by atoms with Crippen molar-refractivity contribution in [3.63, 3.8) is 0 Å². The number of ether oxygens (including phenoxy) is 3. The van der Waals surface area contributed by atoms with Crippen LogP contribution in [0.3, 0.4) is 0 Å². The monoisotopic (exact) mass is 590 g/mol. The topological polar surface area (TPSA) is 111 Å². The maximum absolute atomic E-state index is 13.4. The predicted octanol–water partition coefficient (Wildman–Crippen LogP) is 5.89. The Kier molecular flexibility index (Phi) is 7.74. The van der Waals surface area contributed by atoms with Crippen molar-refractivity contribution in [2.24, 2.45) is 23.2 Å². The van der Waals surface area contributed by atoms with Crippen LogP contribution in [0.25, 0.3) is 6.08 Å². The summed E-state index contributed by atoms with van der Waals surface area (Å²) in [5, 5.41) is 2.17. The third kappa shape index (κ3) is 5.64. The number of methoxy groups -OCH3 is 1. The van der Waals surface area contributed by atoms with Gasteiger partial charge in [-0.2, -0.15) is 0 Å². The van der Waals surface area contributed by atoms with E-state index in [0.29, 0.717) is 52.9 Å². The van der Waals surface area contributed by atoms with E-state index < -0.39 is 29.0 Å². The van der Waals surface area contributed by atoms with Gasteiger partial charge in [0, 0.05) is 5.69 Å². The van der Waals surface area contributed by atoms with Crippen LogP contribution >= 0.6 is 11.8 Å². The summed E-state index contributed by atoms with van der Waals surface area (Å²) in [6.45, 7) is 2.01. The smallest absolute Gasteiger partial charge is 0.317 e. The molecule has 0 spiro atoms. The van der Waals surface area contributed by atoms with Gasteiger partial charge >= 0.3 is 5.97 Å². The van der Waals surface area contributed by atoms with Gasteiger partial charge in [-0.05, 0) is 123 Å². The molecule has 4 bridgehead atoms. The van der Waals surface area contributed by atoms with E-state index in [1.54, 1.807) is 48.5 Å². The molecule has 1 saturated heterocycles. The van der Waals surface area contributed by atoms with Crippen LogP contribution in [0.15, 0.2) is 47.4 Å². The molecule has 10 heteroatoms. The number of nitrogens with one attached hydrogen (secondary N) is 1. The molecule has 9 nitrogen and oxygen atoms in total. The van der Waals surface area contributed by atoms with E-state index in [2.05, 4.69) is 5.32 Å². The van der Waals surface area contributed by atoms with E-state index in [4.69, 9.17) is 14.2 Å². The Labute approximate surface area is 248 Å². The SMILES string of the molecule is CCOc1ccc(NC(=O)CN2C(=O)S/C(=C\c3ccc(OC(=O)C45CC6CC(CC(C6)C4)C5)c(OC)c3)C2=O)cc1. The lowest BCUT2D eigenvalue weighted by Gasteiger charge is -2.55. The second-order valence-electron chi connectivity index (χ2n) is 11.8. The molecule has 7 rings (SSSR count). The van der Waals surface area contributed by atoms with Gasteiger partial charge in [-0.15, -0.1) is 0 Å². The number of hydrogen-bond donors (Lipinski definition) is 1. The van der Waals surface area contributed by atoms with Crippen LogP contribution < -0.4 is 19.5 Å². The Balaban J connectivity index is 1.10. The molecule has 42 heavy (non-hydrogen) atoms. The fourth-order valence-electron chi connectivity index (χ4n) is 7.36. The van der Waals surface area contributed by atoms with Crippen LogP contribution in [0.5, 0.6) is 17.2 Å². The third-order valence-electron chi connectivity index (χ3n) is 8.78. The molecule has 4 saturated carbocycles. The van der Waals surface area contributed by atoms with Gasteiger partial charge in [-0.25, -0.2) is 0 Å². The first-order valence-electron chi connectivity index (χ1n) is 14.4. The first-order chi connectivity index (χ1) is 20.2. The molecular formula is C32H34N2O7S. The zero-order valence-corrected chi connectivity index (χ0v) is 24.5. The Morgan fingerprint density at radius 1 is 1.00 bits per heavy atom. The van der Waals surface area contributed by atoms with Gasteiger partial charge in [0.1, 0.15) is 12.3 Å². The molecule has 220 valence electrons. The number of anilines is 1. The van der Waals surface area contributed by atoms with Crippen LogP contribution in [0.4, 0.5) is 10.5 Å². The summed E-state index contributed by atoms with van der Waals surface area (Å²) < 4.78 is 16.9. The average Bonchev–Trinajstić information content (AvgIpc) is 3.21. The molecule has 0 aromatic heterocycles. The lowest BCUT2D eigenvalue weighted by molar-refractivity contribution is -0.161. The highest BCUT2D eigenvalue weighted by molar-refractivity contribution is 8.18. The second kappa shape index (κ2) is 11.5. The van der Waals surface area contributed by atoms with Crippen molar-refractivity contribution >= 4 is 46.5 Å². The van der Waals surface area contributed by atoms with E-state index in [0.717, 1.165) is 35.9 Å². The second-order valence-corrected chi connectivity index (χ2v) is 12.8. The van der Waals surface area contributed by atoms with E-state index in [-0.39, 0.29) is 10.9 Å². The third-order valence-corrected chi connectivity index (χ3v) is 9.69. The molecule has 2 aromatic rings. The van der Waals surface area contributed by atoms with Gasteiger partial charge in [0.2, 0.25) is 5.91 Å². The van der Waals surface area contributed by atoms with Crippen LogP contribution in [0.2, 0.25) is 0 Å². The minimum atomic E-state index is -0.553. The number of benzene rings is 2. The van der Waals surface area contributed by atoms with Crippen molar-refractivity contribution in [3.05, 3.63) is 52.9 Å². The number of carbonyl (C=O) groups excluding carboxylic acids is 4. The first kappa shape index (κ1) is 28.3. The number of amides is 3. The average molecular weight is 591 g/mol. The van der Waals surface area contributed by atoms with Gasteiger partial charge in [0.25, 0.3) is 11.1 Å². The Hall–Kier alpha value is -3.79. The maximum atomic E-state index is 13.4. The molecule has 2 aromatic carbocycles. The van der Waals surface area contributed by atoms with Crippen LogP contribution in [-0.2, 0) is 14.4 Å². The summed E-state index contributed by atoms with van der Waals surface area (Å²) in [7, 11) is 1.50. The molecule has 1 N–H and O–H groups in total. The van der Waals surface area contributed by atoms with Crippen molar-refractivity contribution < 1.29 is 33.4 Å². The molecule has 3 amide bonds. The molecular weight excluding hydrogens is 556 g/mol. The van der Waals surface area contributed by atoms with Crippen molar-refractivity contribution in [1.82, 2.24) is 4.90 Å². The minimum absolute atomic E-state index is 0.169. The molecule has 0 atom stereocenters. The number of nitrogens with zero attached hydrogens (tertiary/aromatic N) is 1. The summed E-state index contributed by atoms with van der Waals surface area (Å²) >= 11 is 0.769. The van der Waals surface area contributed by atoms with Crippen molar-refractivity contribution in [3.8, 4) is 17.2 Å².